The van der Waals surface area contributed by atoms with Crippen LogP contribution in [0.25, 0.3) is 10.9 Å². The molecule has 0 spiro atoms. The standard InChI is InChI=1S/C23H26N2O3/c1-3-10-24-22(26)12-18(16-8-9-20-21(11-16)28-14-27-20)19-13-25-23-15(4-2)6-5-7-17(19)23/h5-9,11,13,18,25H,3-4,10,12,14H2,1-2H3,(H,24,26)/t18-/m0/s1. The van der Waals surface area contributed by atoms with Gasteiger partial charge in [-0.05, 0) is 41.7 Å². The normalized spacial score (nSPS) is 13.6. The number of carbonyl (C=O) groups is 1. The first-order valence-corrected chi connectivity index (χ1v) is 9.96. The zero-order valence-corrected chi connectivity index (χ0v) is 16.4. The number of carbonyl (C=O) groups excluding carboxylic acids is 1. The van der Waals surface area contributed by atoms with Gasteiger partial charge in [0.2, 0.25) is 12.7 Å². The molecule has 4 rings (SSSR count). The molecule has 1 aliphatic rings. The summed E-state index contributed by atoms with van der Waals surface area (Å²) in [6, 6.07) is 12.3. The number of para-hydroxylation sites is 1. The molecular weight excluding hydrogens is 352 g/mol. The minimum absolute atomic E-state index is 0.0607. The number of amides is 1. The Morgan fingerprint density at radius 1 is 1.18 bits per heavy atom. The number of aromatic amines is 1. The number of rotatable bonds is 7. The van der Waals surface area contributed by atoms with E-state index in [0.29, 0.717) is 13.0 Å². The number of hydrogen-bond acceptors (Lipinski definition) is 3. The Morgan fingerprint density at radius 3 is 2.86 bits per heavy atom. The summed E-state index contributed by atoms with van der Waals surface area (Å²) in [4.78, 5) is 16.0. The van der Waals surface area contributed by atoms with Crippen LogP contribution in [0.2, 0.25) is 0 Å². The molecule has 2 heterocycles. The number of nitrogens with one attached hydrogen (secondary N) is 2. The second kappa shape index (κ2) is 7.97. The molecule has 3 aromatic rings. The monoisotopic (exact) mass is 378 g/mol. The quantitative estimate of drug-likeness (QED) is 0.636. The highest BCUT2D eigenvalue weighted by Crippen LogP contribution is 2.39. The molecule has 1 aromatic heterocycles. The van der Waals surface area contributed by atoms with Crippen molar-refractivity contribution in [2.24, 2.45) is 0 Å². The lowest BCUT2D eigenvalue weighted by Gasteiger charge is -2.18. The second-order valence-electron chi connectivity index (χ2n) is 7.16. The van der Waals surface area contributed by atoms with E-state index < -0.39 is 0 Å². The van der Waals surface area contributed by atoms with Gasteiger partial charge in [0.25, 0.3) is 0 Å². The van der Waals surface area contributed by atoms with E-state index in [4.69, 9.17) is 9.47 Å². The number of ether oxygens (including phenoxy) is 2. The summed E-state index contributed by atoms with van der Waals surface area (Å²) < 4.78 is 11.0. The molecule has 5 nitrogen and oxygen atoms in total. The van der Waals surface area contributed by atoms with Crippen LogP contribution in [0.15, 0.2) is 42.6 Å². The maximum atomic E-state index is 12.6. The van der Waals surface area contributed by atoms with Gasteiger partial charge in [-0.1, -0.05) is 38.1 Å². The van der Waals surface area contributed by atoms with Gasteiger partial charge < -0.3 is 19.8 Å². The van der Waals surface area contributed by atoms with Gasteiger partial charge in [-0.3, -0.25) is 4.79 Å². The van der Waals surface area contributed by atoms with Crippen molar-refractivity contribution in [3.8, 4) is 11.5 Å². The second-order valence-corrected chi connectivity index (χ2v) is 7.16. The van der Waals surface area contributed by atoms with E-state index in [9.17, 15) is 4.79 Å². The van der Waals surface area contributed by atoms with Crippen LogP contribution in [0.3, 0.4) is 0 Å². The molecule has 146 valence electrons. The Labute approximate surface area is 165 Å². The van der Waals surface area contributed by atoms with E-state index in [0.717, 1.165) is 41.0 Å². The van der Waals surface area contributed by atoms with Crippen LogP contribution in [-0.2, 0) is 11.2 Å². The van der Waals surface area contributed by atoms with E-state index in [-0.39, 0.29) is 18.6 Å². The van der Waals surface area contributed by atoms with Crippen LogP contribution in [-0.4, -0.2) is 24.2 Å². The first kappa shape index (κ1) is 18.4. The van der Waals surface area contributed by atoms with Gasteiger partial charge in [0, 0.05) is 36.0 Å². The Hall–Kier alpha value is -2.95. The van der Waals surface area contributed by atoms with Gasteiger partial charge in [0.15, 0.2) is 11.5 Å². The first-order chi connectivity index (χ1) is 13.7. The maximum absolute atomic E-state index is 12.6. The first-order valence-electron chi connectivity index (χ1n) is 9.96. The summed E-state index contributed by atoms with van der Waals surface area (Å²) in [6.07, 6.45) is 4.32. The van der Waals surface area contributed by atoms with Crippen molar-refractivity contribution < 1.29 is 14.3 Å². The number of fused-ring (bicyclic) bond motifs is 2. The lowest BCUT2D eigenvalue weighted by Crippen LogP contribution is -2.26. The number of hydrogen-bond donors (Lipinski definition) is 2. The highest BCUT2D eigenvalue weighted by Gasteiger charge is 2.24. The zero-order valence-electron chi connectivity index (χ0n) is 16.4. The van der Waals surface area contributed by atoms with Crippen LogP contribution >= 0.6 is 0 Å². The average molecular weight is 378 g/mol. The summed E-state index contributed by atoms with van der Waals surface area (Å²) in [7, 11) is 0. The predicted octanol–water partition coefficient (Wildman–Crippen LogP) is 4.51. The molecule has 1 atom stereocenters. The van der Waals surface area contributed by atoms with Gasteiger partial charge in [-0.15, -0.1) is 0 Å². The minimum atomic E-state index is -0.0628. The fourth-order valence-electron chi connectivity index (χ4n) is 3.88. The molecule has 0 fully saturated rings. The molecule has 0 radical (unpaired) electrons. The summed E-state index contributed by atoms with van der Waals surface area (Å²) in [5, 5.41) is 4.18. The number of benzene rings is 2. The van der Waals surface area contributed by atoms with Gasteiger partial charge >= 0.3 is 0 Å². The van der Waals surface area contributed by atoms with Gasteiger partial charge in [0.1, 0.15) is 0 Å². The summed E-state index contributed by atoms with van der Waals surface area (Å²) in [5.74, 6) is 1.49. The van der Waals surface area contributed by atoms with E-state index in [1.54, 1.807) is 0 Å². The van der Waals surface area contributed by atoms with Crippen LogP contribution in [0.5, 0.6) is 11.5 Å². The zero-order chi connectivity index (χ0) is 19.5. The number of aryl methyl sites for hydroxylation is 1. The van der Waals surface area contributed by atoms with Crippen LogP contribution in [0.1, 0.15) is 49.3 Å². The SMILES string of the molecule is CCCNC(=O)C[C@@H](c1ccc2c(c1)OCO2)c1c[nH]c2c(CC)cccc12. The Bertz CT molecular complexity index is 993. The minimum Gasteiger partial charge on any atom is -0.454 e. The highest BCUT2D eigenvalue weighted by molar-refractivity contribution is 5.88. The molecular formula is C23H26N2O3. The molecule has 0 saturated heterocycles. The molecule has 0 aliphatic carbocycles. The molecule has 1 amide bonds. The van der Waals surface area contributed by atoms with E-state index >= 15 is 0 Å². The van der Waals surface area contributed by atoms with Gasteiger partial charge in [0.05, 0.1) is 0 Å². The summed E-state index contributed by atoms with van der Waals surface area (Å²) in [6.45, 7) is 5.15. The number of H-pyrrole nitrogens is 1. The average Bonchev–Trinajstić information content (AvgIpc) is 3.36. The van der Waals surface area contributed by atoms with E-state index in [1.165, 1.54) is 10.9 Å². The van der Waals surface area contributed by atoms with E-state index in [2.05, 4.69) is 42.3 Å². The molecule has 0 bridgehead atoms. The fraction of sp³-hybridized carbons (Fsp3) is 0.348. The molecule has 5 heteroatoms. The van der Waals surface area contributed by atoms with Crippen LogP contribution in [0.4, 0.5) is 0 Å². The molecule has 2 aromatic carbocycles. The third kappa shape index (κ3) is 3.44. The molecule has 1 aliphatic heterocycles. The van der Waals surface area contributed by atoms with Crippen molar-refractivity contribution in [3.05, 3.63) is 59.3 Å². The largest absolute Gasteiger partial charge is 0.454 e. The lowest BCUT2D eigenvalue weighted by atomic mass is 9.87. The summed E-state index contributed by atoms with van der Waals surface area (Å²) >= 11 is 0. The summed E-state index contributed by atoms with van der Waals surface area (Å²) in [5.41, 5.74) is 4.62. The Balaban J connectivity index is 1.76. The van der Waals surface area contributed by atoms with Crippen LogP contribution < -0.4 is 14.8 Å². The van der Waals surface area contributed by atoms with Gasteiger partial charge in [-0.2, -0.15) is 0 Å². The Kier molecular flexibility index (Phi) is 5.24. The molecule has 0 saturated carbocycles. The smallest absolute Gasteiger partial charge is 0.231 e. The molecule has 2 N–H and O–H groups in total. The van der Waals surface area contributed by atoms with E-state index in [1.807, 2.05) is 24.4 Å². The van der Waals surface area contributed by atoms with Crippen molar-refractivity contribution in [2.45, 2.75) is 39.0 Å². The third-order valence-corrected chi connectivity index (χ3v) is 5.35. The predicted molar refractivity (Wildman–Crippen MR) is 110 cm³/mol. The third-order valence-electron chi connectivity index (χ3n) is 5.35. The Morgan fingerprint density at radius 2 is 2.04 bits per heavy atom. The lowest BCUT2D eigenvalue weighted by molar-refractivity contribution is -0.121. The van der Waals surface area contributed by atoms with Crippen molar-refractivity contribution in [3.63, 3.8) is 0 Å². The molecule has 28 heavy (non-hydrogen) atoms. The highest BCUT2D eigenvalue weighted by atomic mass is 16.7. The van der Waals surface area contributed by atoms with Crippen molar-refractivity contribution >= 4 is 16.8 Å². The van der Waals surface area contributed by atoms with Crippen LogP contribution in [0, 0.1) is 0 Å². The van der Waals surface area contributed by atoms with Crippen molar-refractivity contribution in [2.75, 3.05) is 13.3 Å². The maximum Gasteiger partial charge on any atom is 0.231 e. The number of aromatic nitrogens is 1. The molecule has 0 unspecified atom stereocenters. The van der Waals surface area contributed by atoms with Crippen molar-refractivity contribution in [1.29, 1.82) is 0 Å². The van der Waals surface area contributed by atoms with Crippen molar-refractivity contribution in [1.82, 2.24) is 10.3 Å². The van der Waals surface area contributed by atoms with Gasteiger partial charge in [-0.25, -0.2) is 0 Å². The fourth-order valence-corrected chi connectivity index (χ4v) is 3.88. The topological polar surface area (TPSA) is 63.4 Å².